The molecule has 2 aromatic carbocycles. The summed E-state index contributed by atoms with van der Waals surface area (Å²) in [4.78, 5) is 16.7. The van der Waals surface area contributed by atoms with Gasteiger partial charge in [-0.3, -0.25) is 9.47 Å². The van der Waals surface area contributed by atoms with E-state index >= 15 is 0 Å². The van der Waals surface area contributed by atoms with Crippen LogP contribution in [0.1, 0.15) is 18.4 Å². The van der Waals surface area contributed by atoms with Gasteiger partial charge in [-0.1, -0.05) is 35.9 Å². The number of anilines is 1. The number of imidazole rings is 1. The van der Waals surface area contributed by atoms with Crippen LogP contribution in [0.5, 0.6) is 0 Å². The Bertz CT molecular complexity index is 1550. The number of rotatable bonds is 5. The second-order valence-corrected chi connectivity index (χ2v) is 9.97. The first-order chi connectivity index (χ1) is 18.0. The van der Waals surface area contributed by atoms with E-state index in [1.165, 1.54) is 5.56 Å². The van der Waals surface area contributed by atoms with Gasteiger partial charge in [0.2, 0.25) is 0 Å². The van der Waals surface area contributed by atoms with Gasteiger partial charge >= 0.3 is 0 Å². The standard InChI is InChI=1S/C29H28ClN7/c30-21-4-1-3-20(17-21)25-10-11-26-29(34-25)37(28(35-26)24-5-2-14-33-27(24)32)23-8-6-19(7-9-23)18-36-15-12-22(31)13-16-36/h1-11,14,17,22H,12-13,15-16,18,31H2,(H2,32,33). The number of halogens is 1. The third kappa shape index (κ3) is 4.81. The van der Waals surface area contributed by atoms with E-state index in [4.69, 9.17) is 33.0 Å². The van der Waals surface area contributed by atoms with E-state index in [0.29, 0.717) is 22.7 Å². The maximum absolute atomic E-state index is 6.28. The molecule has 8 heteroatoms. The largest absolute Gasteiger partial charge is 0.383 e. The van der Waals surface area contributed by atoms with Gasteiger partial charge in [0.25, 0.3) is 0 Å². The molecule has 0 radical (unpaired) electrons. The summed E-state index contributed by atoms with van der Waals surface area (Å²) < 4.78 is 2.06. The fourth-order valence-electron chi connectivity index (χ4n) is 4.92. The molecule has 7 nitrogen and oxygen atoms in total. The summed E-state index contributed by atoms with van der Waals surface area (Å²) in [7, 11) is 0. The van der Waals surface area contributed by atoms with Crippen molar-refractivity contribution >= 4 is 28.6 Å². The second kappa shape index (κ2) is 9.94. The molecule has 0 bridgehead atoms. The third-order valence-electron chi connectivity index (χ3n) is 6.94. The van der Waals surface area contributed by atoms with Gasteiger partial charge < -0.3 is 11.5 Å². The Kier molecular flexibility index (Phi) is 6.34. The molecule has 5 aromatic rings. The van der Waals surface area contributed by atoms with Crippen LogP contribution >= 0.6 is 11.6 Å². The van der Waals surface area contributed by atoms with Gasteiger partial charge in [0.1, 0.15) is 11.3 Å². The lowest BCUT2D eigenvalue weighted by atomic mass is 10.1. The summed E-state index contributed by atoms with van der Waals surface area (Å²) in [6, 6.07) is 24.4. The average molecular weight is 510 g/mol. The number of aromatic nitrogens is 4. The predicted molar refractivity (Wildman–Crippen MR) is 149 cm³/mol. The Hall–Kier alpha value is -3.78. The van der Waals surface area contributed by atoms with Gasteiger partial charge in [-0.2, -0.15) is 0 Å². The van der Waals surface area contributed by atoms with E-state index in [1.807, 2.05) is 48.5 Å². The van der Waals surface area contributed by atoms with Crippen molar-refractivity contribution < 1.29 is 0 Å². The van der Waals surface area contributed by atoms with Crippen LogP contribution in [0, 0.1) is 0 Å². The summed E-state index contributed by atoms with van der Waals surface area (Å²) >= 11 is 6.26. The second-order valence-electron chi connectivity index (χ2n) is 9.54. The van der Waals surface area contributed by atoms with Crippen LogP contribution in [-0.2, 0) is 6.54 Å². The van der Waals surface area contributed by atoms with Gasteiger partial charge in [-0.25, -0.2) is 15.0 Å². The zero-order valence-corrected chi connectivity index (χ0v) is 21.1. The summed E-state index contributed by atoms with van der Waals surface area (Å²) in [5, 5.41) is 0.669. The Morgan fingerprint density at radius 3 is 2.49 bits per heavy atom. The Balaban J connectivity index is 1.44. The van der Waals surface area contributed by atoms with E-state index in [0.717, 1.165) is 66.1 Å². The number of nitrogens with zero attached hydrogens (tertiary/aromatic N) is 5. The molecular formula is C29H28ClN7. The molecule has 0 saturated carbocycles. The van der Waals surface area contributed by atoms with E-state index < -0.39 is 0 Å². The van der Waals surface area contributed by atoms with Crippen molar-refractivity contribution in [1.82, 2.24) is 24.4 Å². The topological polar surface area (TPSA) is 98.9 Å². The first-order valence-electron chi connectivity index (χ1n) is 12.5. The fraction of sp³-hybridized carbons (Fsp3) is 0.207. The number of likely N-dealkylation sites (tertiary alicyclic amines) is 1. The minimum absolute atomic E-state index is 0.329. The van der Waals surface area contributed by atoms with Crippen molar-refractivity contribution in [2.24, 2.45) is 5.73 Å². The first-order valence-corrected chi connectivity index (χ1v) is 12.9. The van der Waals surface area contributed by atoms with Gasteiger partial charge in [0.15, 0.2) is 11.5 Å². The number of pyridine rings is 2. The summed E-state index contributed by atoms with van der Waals surface area (Å²) in [5.74, 6) is 1.13. The van der Waals surface area contributed by atoms with Crippen molar-refractivity contribution in [2.45, 2.75) is 25.4 Å². The maximum atomic E-state index is 6.28. The molecule has 1 saturated heterocycles. The monoisotopic (exact) mass is 509 g/mol. The number of nitrogen functional groups attached to an aromatic ring is 1. The summed E-state index contributed by atoms with van der Waals surface area (Å²) in [6.45, 7) is 2.99. The van der Waals surface area contributed by atoms with Crippen molar-refractivity contribution in [1.29, 1.82) is 0 Å². The van der Waals surface area contributed by atoms with Crippen molar-refractivity contribution in [3.8, 4) is 28.3 Å². The van der Waals surface area contributed by atoms with Crippen LogP contribution in [0.2, 0.25) is 5.02 Å². The molecule has 3 aromatic heterocycles. The zero-order valence-electron chi connectivity index (χ0n) is 20.4. The molecule has 4 heterocycles. The van der Waals surface area contributed by atoms with Crippen LogP contribution < -0.4 is 11.5 Å². The molecular weight excluding hydrogens is 482 g/mol. The van der Waals surface area contributed by atoms with E-state index in [-0.39, 0.29) is 0 Å². The Morgan fingerprint density at radius 1 is 0.919 bits per heavy atom. The molecule has 0 spiro atoms. The van der Waals surface area contributed by atoms with Crippen LogP contribution in [0.15, 0.2) is 79.0 Å². The van der Waals surface area contributed by atoms with Crippen molar-refractivity contribution in [3.63, 3.8) is 0 Å². The first kappa shape index (κ1) is 23.6. The van der Waals surface area contributed by atoms with Crippen LogP contribution in [0.4, 0.5) is 5.82 Å². The van der Waals surface area contributed by atoms with Gasteiger partial charge in [0.05, 0.1) is 11.3 Å². The molecule has 4 N–H and O–H groups in total. The number of hydrogen-bond acceptors (Lipinski definition) is 6. The van der Waals surface area contributed by atoms with Gasteiger partial charge in [-0.15, -0.1) is 0 Å². The highest BCUT2D eigenvalue weighted by Gasteiger charge is 2.20. The zero-order chi connectivity index (χ0) is 25.4. The van der Waals surface area contributed by atoms with E-state index in [1.54, 1.807) is 6.20 Å². The number of fused-ring (bicyclic) bond motifs is 1. The lowest BCUT2D eigenvalue weighted by molar-refractivity contribution is 0.205. The molecule has 1 fully saturated rings. The molecule has 0 atom stereocenters. The molecule has 1 aliphatic heterocycles. The SMILES string of the molecule is Nc1ncccc1-c1nc2ccc(-c3cccc(Cl)c3)nc2n1-c1ccc(CN2CCC(N)CC2)cc1. The van der Waals surface area contributed by atoms with Gasteiger partial charge in [0, 0.05) is 35.1 Å². The number of nitrogens with two attached hydrogens (primary N) is 2. The van der Waals surface area contributed by atoms with E-state index in [9.17, 15) is 0 Å². The Labute approximate surface area is 220 Å². The van der Waals surface area contributed by atoms with Crippen molar-refractivity contribution in [2.75, 3.05) is 18.8 Å². The Morgan fingerprint density at radius 2 is 1.73 bits per heavy atom. The van der Waals surface area contributed by atoms with Crippen LogP contribution in [0.25, 0.3) is 39.5 Å². The molecule has 1 aliphatic rings. The predicted octanol–water partition coefficient (Wildman–Crippen LogP) is 5.31. The lowest BCUT2D eigenvalue weighted by Gasteiger charge is -2.30. The fourth-order valence-corrected chi connectivity index (χ4v) is 5.11. The minimum atomic E-state index is 0.329. The molecule has 0 amide bonds. The summed E-state index contributed by atoms with van der Waals surface area (Å²) in [6.07, 6.45) is 3.79. The number of hydrogen-bond donors (Lipinski definition) is 2. The van der Waals surface area contributed by atoms with Crippen LogP contribution in [0.3, 0.4) is 0 Å². The van der Waals surface area contributed by atoms with E-state index in [2.05, 4.69) is 38.7 Å². The lowest BCUT2D eigenvalue weighted by Crippen LogP contribution is -2.39. The number of benzene rings is 2. The maximum Gasteiger partial charge on any atom is 0.165 e. The van der Waals surface area contributed by atoms with Crippen molar-refractivity contribution in [3.05, 3.63) is 89.6 Å². The highest BCUT2D eigenvalue weighted by Crippen LogP contribution is 2.32. The molecule has 0 aliphatic carbocycles. The quantitative estimate of drug-likeness (QED) is 0.333. The highest BCUT2D eigenvalue weighted by atomic mass is 35.5. The molecule has 186 valence electrons. The average Bonchev–Trinajstić information content (AvgIpc) is 3.29. The highest BCUT2D eigenvalue weighted by molar-refractivity contribution is 6.30. The molecule has 37 heavy (non-hydrogen) atoms. The van der Waals surface area contributed by atoms with Crippen LogP contribution in [-0.4, -0.2) is 43.6 Å². The van der Waals surface area contributed by atoms with Gasteiger partial charge in [-0.05, 0) is 80.0 Å². The number of piperidine rings is 1. The third-order valence-corrected chi connectivity index (χ3v) is 7.17. The molecule has 0 unspecified atom stereocenters. The summed E-state index contributed by atoms with van der Waals surface area (Å²) in [5.41, 5.74) is 18.6. The smallest absolute Gasteiger partial charge is 0.165 e. The normalized spacial score (nSPS) is 14.9. The molecule has 6 rings (SSSR count). The minimum Gasteiger partial charge on any atom is -0.383 e.